The largest absolute Gasteiger partial charge is 0.462 e. The zero-order valence-corrected chi connectivity index (χ0v) is 34.8. The molecule has 0 bridgehead atoms. The van der Waals surface area contributed by atoms with Crippen LogP contribution in [0.4, 0.5) is 5.69 Å². The molecule has 7 heteroatoms. The van der Waals surface area contributed by atoms with Gasteiger partial charge >= 0.3 is 11.9 Å². The van der Waals surface area contributed by atoms with Gasteiger partial charge in [-0.05, 0) is 108 Å². The lowest BCUT2D eigenvalue weighted by molar-refractivity contribution is -0.161. The van der Waals surface area contributed by atoms with Gasteiger partial charge in [0.1, 0.15) is 6.61 Å². The predicted octanol–water partition coefficient (Wildman–Crippen LogP) is 13.0. The first-order chi connectivity index (χ1) is 26.5. The number of aliphatic hydroxyl groups excluding tert-OH is 1. The smallest absolute Gasteiger partial charge is 0.306 e. The quantitative estimate of drug-likeness (QED) is 0.0431. The van der Waals surface area contributed by atoms with E-state index in [1.165, 1.54) is 51.4 Å². The van der Waals surface area contributed by atoms with Gasteiger partial charge in [-0.2, -0.15) is 0 Å². The third kappa shape index (κ3) is 39.6. The van der Waals surface area contributed by atoms with Gasteiger partial charge in [-0.1, -0.05) is 137 Å². The van der Waals surface area contributed by atoms with E-state index in [4.69, 9.17) is 15.2 Å². The van der Waals surface area contributed by atoms with Crippen LogP contribution in [0, 0.1) is 0 Å². The number of ether oxygens (including phenoxy) is 2. The van der Waals surface area contributed by atoms with Crippen LogP contribution >= 0.6 is 8.19 Å². The van der Waals surface area contributed by atoms with Crippen molar-refractivity contribution in [1.82, 2.24) is 0 Å². The van der Waals surface area contributed by atoms with Crippen LogP contribution in [-0.2, 0) is 19.1 Å². The molecule has 0 spiro atoms. The average Bonchev–Trinajstić information content (AvgIpc) is 3.66. The van der Waals surface area contributed by atoms with E-state index in [1.54, 1.807) is 0 Å². The van der Waals surface area contributed by atoms with Gasteiger partial charge in [-0.25, -0.2) is 0 Å². The lowest BCUT2D eigenvalue weighted by Gasteiger charge is -2.15. The third-order valence-electron chi connectivity index (χ3n) is 7.97. The molecule has 2 unspecified atom stereocenters. The average molecular weight is 764 g/mol. The van der Waals surface area contributed by atoms with E-state index in [2.05, 4.69) is 117 Å². The summed E-state index contributed by atoms with van der Waals surface area (Å²) in [5, 5.41) is 9.53. The number of rotatable bonds is 32. The number of unbranched alkanes of at least 4 members (excludes halogenated alkanes) is 8. The summed E-state index contributed by atoms with van der Waals surface area (Å²) in [4.78, 5) is 24.2. The number of hydrogen-bond donors (Lipinski definition) is 2. The fourth-order valence-corrected chi connectivity index (χ4v) is 5.49. The van der Waals surface area contributed by atoms with E-state index >= 15 is 0 Å². The number of carbonyl (C=O) groups is 2. The minimum Gasteiger partial charge on any atom is -0.462 e. The van der Waals surface area contributed by atoms with E-state index in [9.17, 15) is 14.7 Å². The monoisotopic (exact) mass is 764 g/mol. The van der Waals surface area contributed by atoms with Crippen molar-refractivity contribution in [2.45, 2.75) is 148 Å². The first kappa shape index (κ1) is 50.4. The van der Waals surface area contributed by atoms with Gasteiger partial charge in [-0.3, -0.25) is 9.59 Å². The third-order valence-corrected chi connectivity index (χ3v) is 8.83. The molecule has 0 fully saturated rings. The first-order valence-corrected chi connectivity index (χ1v) is 21.7. The van der Waals surface area contributed by atoms with Crippen LogP contribution in [0.3, 0.4) is 0 Å². The molecule has 0 saturated carbocycles. The summed E-state index contributed by atoms with van der Waals surface area (Å²) in [7, 11) is 0.821. The number of nitrogen functional groups attached to an aromatic ring is 1. The summed E-state index contributed by atoms with van der Waals surface area (Å²) in [6, 6.07) is 1.93. The highest BCUT2D eigenvalue weighted by Crippen LogP contribution is 2.11. The molecule has 0 radical (unpaired) electrons. The molecule has 302 valence electrons. The topological polar surface area (TPSA) is 98.9 Å². The Morgan fingerprint density at radius 2 is 1.00 bits per heavy atom. The van der Waals surface area contributed by atoms with Crippen LogP contribution in [-0.4, -0.2) is 36.4 Å². The Balaban J connectivity index is 0.00000422. The molecule has 1 aromatic heterocycles. The molecule has 3 N–H and O–H groups in total. The zero-order chi connectivity index (χ0) is 39.4. The van der Waals surface area contributed by atoms with Crippen molar-refractivity contribution in [3.05, 3.63) is 115 Å². The second-order valence-electron chi connectivity index (χ2n) is 13.1. The highest BCUT2D eigenvalue weighted by atomic mass is 31.0. The Labute approximate surface area is 331 Å². The fourth-order valence-electron chi connectivity index (χ4n) is 4.81. The molecular formula is C47H74NO5P. The van der Waals surface area contributed by atoms with E-state index in [0.29, 0.717) is 19.3 Å². The van der Waals surface area contributed by atoms with Crippen LogP contribution < -0.4 is 5.73 Å². The van der Waals surface area contributed by atoms with E-state index < -0.39 is 6.10 Å². The summed E-state index contributed by atoms with van der Waals surface area (Å²) in [5.74, 6) is 3.34. The lowest BCUT2D eigenvalue weighted by atomic mass is 10.2. The van der Waals surface area contributed by atoms with Crippen LogP contribution in [0.2, 0.25) is 0 Å². The molecule has 0 saturated heterocycles. The molecule has 0 aliphatic rings. The first-order valence-electron chi connectivity index (χ1n) is 20.6. The lowest BCUT2D eigenvalue weighted by Crippen LogP contribution is -2.28. The molecule has 0 aliphatic carbocycles. The number of anilines is 1. The highest BCUT2D eigenvalue weighted by molar-refractivity contribution is 7.28. The summed E-state index contributed by atoms with van der Waals surface area (Å²) < 4.78 is 10.5. The van der Waals surface area contributed by atoms with Crippen molar-refractivity contribution in [1.29, 1.82) is 0 Å². The molecule has 2 atom stereocenters. The number of carbonyl (C=O) groups excluding carboxylic acids is 2. The summed E-state index contributed by atoms with van der Waals surface area (Å²) >= 11 is 0. The number of esters is 2. The van der Waals surface area contributed by atoms with Crippen molar-refractivity contribution in [2.75, 3.05) is 18.9 Å². The molecule has 0 aliphatic heterocycles. The van der Waals surface area contributed by atoms with Crippen molar-refractivity contribution in [3.8, 4) is 0 Å². The maximum atomic E-state index is 12.1. The highest BCUT2D eigenvalue weighted by Gasteiger charge is 2.15. The maximum absolute atomic E-state index is 12.1. The van der Waals surface area contributed by atoms with Crippen molar-refractivity contribution >= 4 is 25.8 Å². The summed E-state index contributed by atoms with van der Waals surface area (Å²) in [6.07, 6.45) is 53.2. The second kappa shape index (κ2) is 42.1. The van der Waals surface area contributed by atoms with E-state index in [1.807, 2.05) is 11.9 Å². The normalized spacial score (nSPS) is 12.9. The minimum atomic E-state index is -0.827. The van der Waals surface area contributed by atoms with E-state index in [-0.39, 0.29) is 31.6 Å². The Morgan fingerprint density at radius 3 is 1.33 bits per heavy atom. The Kier molecular flexibility index (Phi) is 39.3. The molecule has 0 amide bonds. The molecule has 1 heterocycles. The maximum Gasteiger partial charge on any atom is 0.306 e. The fraction of sp³-hybridized carbons (Fsp3) is 0.532. The van der Waals surface area contributed by atoms with Gasteiger partial charge in [-0.15, -0.1) is 8.19 Å². The molecule has 1 rings (SSSR count). The van der Waals surface area contributed by atoms with Gasteiger partial charge in [0, 0.05) is 18.5 Å². The van der Waals surface area contributed by atoms with Gasteiger partial charge in [0.25, 0.3) is 0 Å². The van der Waals surface area contributed by atoms with Gasteiger partial charge in [0.05, 0.1) is 6.61 Å². The molecule has 54 heavy (non-hydrogen) atoms. The number of aliphatic hydroxyl groups is 1. The molecule has 0 aromatic carbocycles. The Bertz CT molecular complexity index is 1220. The van der Waals surface area contributed by atoms with Gasteiger partial charge < -0.3 is 20.3 Å². The van der Waals surface area contributed by atoms with Gasteiger partial charge in [0.2, 0.25) is 0 Å². The van der Waals surface area contributed by atoms with Crippen molar-refractivity contribution < 1.29 is 24.2 Å². The number of nitrogens with two attached hydrogens (primary N) is 1. The van der Waals surface area contributed by atoms with E-state index in [0.717, 1.165) is 65.2 Å². The standard InChI is InChI=1S/C43H68O5.C4H6NP/c1-3-5-7-9-11-13-15-17-19-21-23-25-27-29-31-33-35-37-42(45)47-40-41(39-44)48-43(46)38-36-34-32-30-28-26-24-22-20-18-16-14-12-10-8-6-4-2;5-4-1-2-6-3-4/h11-14,17-20,23-26,29-32,41,44H,3-10,15-16,21-22,27-28,33-40H2,1-2H3;1-3,6H,5H2/b13-11-,14-12-,19-17-,20-18-,25-23-,26-24-,31-29-,32-30-;. The molecule has 6 nitrogen and oxygen atoms in total. The van der Waals surface area contributed by atoms with Crippen LogP contribution in [0.25, 0.3) is 0 Å². The Morgan fingerprint density at radius 1 is 0.611 bits per heavy atom. The summed E-state index contributed by atoms with van der Waals surface area (Å²) in [5.41, 5.74) is 6.23. The molecular weight excluding hydrogens is 689 g/mol. The van der Waals surface area contributed by atoms with Crippen molar-refractivity contribution in [2.24, 2.45) is 0 Å². The second-order valence-corrected chi connectivity index (χ2v) is 14.0. The minimum absolute atomic E-state index is 0.122. The SMILES string of the molecule is CCCCC/C=C\C/C=C\C/C=C\C/C=C\CCCC(=O)OCC(CO)OC(=O)CCC/C=C\C/C=C\C/C=C\C/C=C\CCCCC.Nc1cc[pH]c1. The number of hydrogen-bond acceptors (Lipinski definition) is 6. The Hall–Kier alpha value is -3.60. The predicted molar refractivity (Wildman–Crippen MR) is 235 cm³/mol. The van der Waals surface area contributed by atoms with Crippen molar-refractivity contribution in [3.63, 3.8) is 0 Å². The molecule has 1 aromatic rings. The summed E-state index contributed by atoms with van der Waals surface area (Å²) in [6.45, 7) is 3.96. The van der Waals surface area contributed by atoms with Gasteiger partial charge in [0.15, 0.2) is 6.10 Å². The van der Waals surface area contributed by atoms with Crippen LogP contribution in [0.15, 0.2) is 115 Å². The van der Waals surface area contributed by atoms with Crippen LogP contribution in [0.5, 0.6) is 0 Å². The van der Waals surface area contributed by atoms with Crippen LogP contribution in [0.1, 0.15) is 142 Å². The number of allylic oxidation sites excluding steroid dienone is 16. The zero-order valence-electron chi connectivity index (χ0n) is 33.8.